The van der Waals surface area contributed by atoms with Crippen LogP contribution in [0.1, 0.15) is 22.7 Å². The monoisotopic (exact) mass is 463 g/mol. The molecule has 0 saturated heterocycles. The van der Waals surface area contributed by atoms with Gasteiger partial charge in [0.25, 0.3) is 5.91 Å². The maximum Gasteiger partial charge on any atom is 0.291 e. The number of allylic oxidation sites excluding steroid dienone is 2. The zero-order chi connectivity index (χ0) is 23.6. The number of imidazole rings is 1. The molecule has 3 aromatic rings. The number of benzene rings is 2. The van der Waals surface area contributed by atoms with Gasteiger partial charge in [-0.15, -0.1) is 0 Å². The summed E-state index contributed by atoms with van der Waals surface area (Å²) < 4.78 is 31.2. The number of para-hydroxylation sites is 2. The Bertz CT molecular complexity index is 1360. The standard InChI is InChI=1S/C25H25N3O4S/c1-17-23(21-11-7-8-12-22(21)32-19-9-5-4-6-10-19)28(2)24(26-17)25(29)27-18-13-15-20(16-14-18)33(3,30)31/h4-15,20H,16H2,1-3H3,(H,27,29). The van der Waals surface area contributed by atoms with E-state index in [2.05, 4.69) is 10.3 Å². The van der Waals surface area contributed by atoms with Crippen LogP contribution in [0, 0.1) is 6.92 Å². The number of ether oxygens (including phenoxy) is 1. The van der Waals surface area contributed by atoms with Crippen LogP contribution < -0.4 is 10.1 Å². The molecule has 170 valence electrons. The summed E-state index contributed by atoms with van der Waals surface area (Å²) in [5, 5.41) is 2.25. The van der Waals surface area contributed by atoms with Gasteiger partial charge in [0.2, 0.25) is 0 Å². The normalized spacial score (nSPS) is 15.7. The number of nitrogens with one attached hydrogen (secondary N) is 1. The highest BCUT2D eigenvalue weighted by atomic mass is 32.2. The molecule has 1 aliphatic carbocycles. The van der Waals surface area contributed by atoms with E-state index in [-0.39, 0.29) is 11.7 Å². The number of aryl methyl sites for hydroxylation is 1. The molecule has 1 atom stereocenters. The molecular formula is C25H25N3O4S. The lowest BCUT2D eigenvalue weighted by molar-refractivity contribution is 0.0953. The number of sulfone groups is 1. The summed E-state index contributed by atoms with van der Waals surface area (Å²) in [7, 11) is -1.38. The first-order chi connectivity index (χ1) is 15.7. The fourth-order valence-electron chi connectivity index (χ4n) is 3.78. The highest BCUT2D eigenvalue weighted by Gasteiger charge is 2.23. The van der Waals surface area contributed by atoms with Crippen molar-refractivity contribution in [3.05, 3.63) is 90.0 Å². The minimum Gasteiger partial charge on any atom is -0.457 e. The molecule has 4 rings (SSSR count). The summed E-state index contributed by atoms with van der Waals surface area (Å²) in [6.45, 7) is 1.85. The summed E-state index contributed by atoms with van der Waals surface area (Å²) in [6, 6.07) is 17.1. The lowest BCUT2D eigenvalue weighted by Gasteiger charge is -2.15. The Morgan fingerprint density at radius 1 is 1.12 bits per heavy atom. The Hall–Kier alpha value is -3.65. The van der Waals surface area contributed by atoms with Gasteiger partial charge in [0.05, 0.1) is 16.6 Å². The Morgan fingerprint density at radius 3 is 2.48 bits per heavy atom. The van der Waals surface area contributed by atoms with Crippen LogP contribution >= 0.6 is 0 Å². The Morgan fingerprint density at radius 2 is 1.82 bits per heavy atom. The molecule has 1 aromatic heterocycles. The van der Waals surface area contributed by atoms with E-state index >= 15 is 0 Å². The first-order valence-corrected chi connectivity index (χ1v) is 12.4. The number of hydrogen-bond acceptors (Lipinski definition) is 5. The zero-order valence-corrected chi connectivity index (χ0v) is 19.5. The number of hydrogen-bond donors (Lipinski definition) is 1. The van der Waals surface area contributed by atoms with Gasteiger partial charge in [0.1, 0.15) is 11.5 Å². The van der Waals surface area contributed by atoms with Crippen molar-refractivity contribution in [2.24, 2.45) is 7.05 Å². The average Bonchev–Trinajstić information content (AvgIpc) is 3.08. The van der Waals surface area contributed by atoms with Gasteiger partial charge in [-0.1, -0.05) is 42.5 Å². The van der Waals surface area contributed by atoms with Gasteiger partial charge in [0.15, 0.2) is 15.7 Å². The predicted octanol–water partition coefficient (Wildman–Crippen LogP) is 4.17. The summed E-state index contributed by atoms with van der Waals surface area (Å²) in [6.07, 6.45) is 6.45. The topological polar surface area (TPSA) is 90.3 Å². The predicted molar refractivity (Wildman–Crippen MR) is 128 cm³/mol. The third-order valence-electron chi connectivity index (χ3n) is 5.45. The first-order valence-electron chi connectivity index (χ1n) is 10.5. The van der Waals surface area contributed by atoms with Gasteiger partial charge in [-0.05, 0) is 43.7 Å². The molecule has 8 heteroatoms. The lowest BCUT2D eigenvalue weighted by atomic mass is 10.1. The second-order valence-electron chi connectivity index (χ2n) is 7.92. The molecule has 1 amide bonds. The van der Waals surface area contributed by atoms with E-state index in [1.807, 2.05) is 61.5 Å². The summed E-state index contributed by atoms with van der Waals surface area (Å²) in [4.78, 5) is 17.5. The van der Waals surface area contributed by atoms with Crippen molar-refractivity contribution in [1.29, 1.82) is 0 Å². The van der Waals surface area contributed by atoms with Crippen molar-refractivity contribution >= 4 is 15.7 Å². The van der Waals surface area contributed by atoms with Crippen molar-refractivity contribution in [3.8, 4) is 22.8 Å². The first kappa shape index (κ1) is 22.5. The minimum absolute atomic E-state index is 0.247. The number of carbonyl (C=O) groups is 1. The van der Waals surface area contributed by atoms with Gasteiger partial charge in [-0.2, -0.15) is 0 Å². The van der Waals surface area contributed by atoms with Crippen LogP contribution in [-0.2, 0) is 16.9 Å². The number of amides is 1. The van der Waals surface area contributed by atoms with Crippen molar-refractivity contribution in [1.82, 2.24) is 14.9 Å². The highest BCUT2D eigenvalue weighted by molar-refractivity contribution is 7.91. The molecule has 1 aliphatic rings. The third kappa shape index (κ3) is 4.90. The fraction of sp³-hybridized carbons (Fsp3) is 0.200. The van der Waals surface area contributed by atoms with Crippen molar-refractivity contribution in [3.63, 3.8) is 0 Å². The maximum absolute atomic E-state index is 13.0. The van der Waals surface area contributed by atoms with Gasteiger partial charge < -0.3 is 14.6 Å². The van der Waals surface area contributed by atoms with Crippen LogP contribution in [0.5, 0.6) is 11.5 Å². The van der Waals surface area contributed by atoms with Gasteiger partial charge >= 0.3 is 0 Å². The number of nitrogens with zero attached hydrogens (tertiary/aromatic N) is 2. The Balaban J connectivity index is 1.59. The molecule has 0 spiro atoms. The molecule has 0 bridgehead atoms. The Labute approximate surface area is 193 Å². The van der Waals surface area contributed by atoms with Crippen molar-refractivity contribution < 1.29 is 17.9 Å². The van der Waals surface area contributed by atoms with Crippen LogP contribution in [-0.4, -0.2) is 35.4 Å². The van der Waals surface area contributed by atoms with Gasteiger partial charge in [-0.3, -0.25) is 4.79 Å². The smallest absolute Gasteiger partial charge is 0.291 e. The second-order valence-corrected chi connectivity index (χ2v) is 10.2. The van der Waals surface area contributed by atoms with Crippen LogP contribution in [0.25, 0.3) is 11.3 Å². The SMILES string of the molecule is Cc1nc(C(=O)NC2=CCC(S(C)(=O)=O)C=C2)n(C)c1-c1ccccc1Oc1ccccc1. The third-order valence-corrected chi connectivity index (χ3v) is 6.90. The molecular weight excluding hydrogens is 438 g/mol. The van der Waals surface area contributed by atoms with E-state index in [4.69, 9.17) is 4.74 Å². The lowest BCUT2D eigenvalue weighted by Crippen LogP contribution is -2.27. The zero-order valence-electron chi connectivity index (χ0n) is 18.6. The van der Waals surface area contributed by atoms with Gasteiger partial charge in [0, 0.05) is 24.6 Å². The molecule has 0 saturated carbocycles. The van der Waals surface area contributed by atoms with Gasteiger partial charge in [-0.25, -0.2) is 13.4 Å². The molecule has 7 nitrogen and oxygen atoms in total. The molecule has 33 heavy (non-hydrogen) atoms. The van der Waals surface area contributed by atoms with Crippen LogP contribution in [0.4, 0.5) is 0 Å². The van der Waals surface area contributed by atoms with E-state index in [1.54, 1.807) is 29.8 Å². The molecule has 0 radical (unpaired) electrons. The second kappa shape index (κ2) is 9.07. The molecule has 1 unspecified atom stereocenters. The summed E-state index contributed by atoms with van der Waals surface area (Å²) in [5.41, 5.74) is 2.84. The maximum atomic E-state index is 13.0. The largest absolute Gasteiger partial charge is 0.457 e. The average molecular weight is 464 g/mol. The minimum atomic E-state index is -3.17. The van der Waals surface area contributed by atoms with Crippen LogP contribution in [0.2, 0.25) is 0 Å². The summed E-state index contributed by atoms with van der Waals surface area (Å²) >= 11 is 0. The van der Waals surface area contributed by atoms with E-state index in [0.717, 1.165) is 11.3 Å². The van der Waals surface area contributed by atoms with Crippen LogP contribution in [0.15, 0.2) is 78.5 Å². The number of carbonyl (C=O) groups excluding carboxylic acids is 1. The number of aromatic nitrogens is 2. The molecule has 2 aromatic carbocycles. The quantitative estimate of drug-likeness (QED) is 0.592. The molecule has 0 aliphatic heterocycles. The molecule has 0 fully saturated rings. The Kier molecular flexibility index (Phi) is 6.20. The number of rotatable bonds is 6. The van der Waals surface area contributed by atoms with Crippen molar-refractivity contribution in [2.45, 2.75) is 18.6 Å². The molecule has 1 N–H and O–H groups in total. The van der Waals surface area contributed by atoms with E-state index in [0.29, 0.717) is 29.3 Å². The molecule has 1 heterocycles. The fourth-order valence-corrected chi connectivity index (χ4v) is 4.59. The van der Waals surface area contributed by atoms with Crippen molar-refractivity contribution in [2.75, 3.05) is 6.26 Å². The highest BCUT2D eigenvalue weighted by Crippen LogP contribution is 2.35. The van der Waals surface area contributed by atoms with Crippen LogP contribution in [0.3, 0.4) is 0 Å². The van der Waals surface area contributed by atoms with E-state index in [9.17, 15) is 13.2 Å². The summed E-state index contributed by atoms with van der Waals surface area (Å²) in [5.74, 6) is 1.25. The van der Waals surface area contributed by atoms with E-state index in [1.165, 1.54) is 6.26 Å². The van der Waals surface area contributed by atoms with E-state index < -0.39 is 15.1 Å².